The van der Waals surface area contributed by atoms with Crippen molar-refractivity contribution in [2.75, 3.05) is 27.9 Å². The number of pyridine rings is 1. The van der Waals surface area contributed by atoms with Gasteiger partial charge in [0.15, 0.2) is 18.1 Å². The highest BCUT2D eigenvalue weighted by Gasteiger charge is 2.20. The molecule has 0 aliphatic rings. The lowest BCUT2D eigenvalue weighted by atomic mass is 10.0. The summed E-state index contributed by atoms with van der Waals surface area (Å²) in [4.78, 5) is 30.7. The van der Waals surface area contributed by atoms with Crippen LogP contribution in [0, 0.1) is 0 Å². The van der Waals surface area contributed by atoms with Crippen LogP contribution in [0.25, 0.3) is 22.2 Å². The zero-order valence-corrected chi connectivity index (χ0v) is 20.9. The van der Waals surface area contributed by atoms with Crippen LogP contribution in [0.4, 0.5) is 0 Å². The Kier molecular flexibility index (Phi) is 7.31. The van der Waals surface area contributed by atoms with Crippen LogP contribution < -0.4 is 14.2 Å². The van der Waals surface area contributed by atoms with Crippen LogP contribution in [0.2, 0.25) is 0 Å². The molecule has 0 atom stereocenters. The summed E-state index contributed by atoms with van der Waals surface area (Å²) in [6, 6.07) is 19.6. The predicted molar refractivity (Wildman–Crippen MR) is 136 cm³/mol. The van der Waals surface area contributed by atoms with Gasteiger partial charge in [-0.1, -0.05) is 46.3 Å². The molecule has 8 heteroatoms. The van der Waals surface area contributed by atoms with Crippen molar-refractivity contribution in [2.24, 2.45) is 0 Å². The number of esters is 1. The smallest absolute Gasteiger partial charge is 0.339 e. The van der Waals surface area contributed by atoms with Crippen molar-refractivity contribution < 1.29 is 28.5 Å². The minimum absolute atomic E-state index is 0.265. The Balaban J connectivity index is 1.62. The molecule has 0 N–H and O–H groups in total. The Morgan fingerprint density at radius 1 is 0.857 bits per heavy atom. The molecule has 0 saturated carbocycles. The van der Waals surface area contributed by atoms with Gasteiger partial charge >= 0.3 is 5.97 Å². The van der Waals surface area contributed by atoms with Crippen molar-refractivity contribution in [1.29, 1.82) is 0 Å². The number of ketones is 1. The number of carbonyl (C=O) groups excluding carboxylic acids is 2. The predicted octanol–water partition coefficient (Wildman–Crippen LogP) is 5.73. The van der Waals surface area contributed by atoms with Crippen molar-refractivity contribution in [1.82, 2.24) is 4.98 Å². The maximum Gasteiger partial charge on any atom is 0.339 e. The Hall–Kier alpha value is -3.91. The van der Waals surface area contributed by atoms with E-state index in [2.05, 4.69) is 15.9 Å². The number of hydrogen-bond acceptors (Lipinski definition) is 7. The fraction of sp³-hybridized carbons (Fsp3) is 0.148. The normalized spacial score (nSPS) is 10.6. The number of para-hydroxylation sites is 1. The summed E-state index contributed by atoms with van der Waals surface area (Å²) in [7, 11) is 4.40. The number of hydrogen-bond donors (Lipinski definition) is 0. The van der Waals surface area contributed by atoms with Crippen LogP contribution in [0.15, 0.2) is 71.2 Å². The molecule has 1 aromatic heterocycles. The first kappa shape index (κ1) is 24.2. The van der Waals surface area contributed by atoms with Crippen LogP contribution in [-0.2, 0) is 4.74 Å². The second-order valence-corrected chi connectivity index (χ2v) is 8.41. The summed E-state index contributed by atoms with van der Waals surface area (Å²) in [5, 5.41) is 0.636. The Bertz CT molecular complexity index is 1390. The van der Waals surface area contributed by atoms with Gasteiger partial charge in [-0.15, -0.1) is 0 Å². The van der Waals surface area contributed by atoms with Crippen LogP contribution in [0.5, 0.6) is 17.2 Å². The highest BCUT2D eigenvalue weighted by Crippen LogP contribution is 2.38. The number of halogens is 1. The van der Waals surface area contributed by atoms with E-state index >= 15 is 0 Å². The van der Waals surface area contributed by atoms with Gasteiger partial charge in [0.25, 0.3) is 0 Å². The average Bonchev–Trinajstić information content (AvgIpc) is 2.89. The fourth-order valence-corrected chi connectivity index (χ4v) is 4.07. The third-order valence-corrected chi connectivity index (χ3v) is 5.87. The Morgan fingerprint density at radius 3 is 2.23 bits per heavy atom. The number of carbonyl (C=O) groups is 2. The van der Waals surface area contributed by atoms with E-state index in [9.17, 15) is 9.59 Å². The molecule has 178 valence electrons. The van der Waals surface area contributed by atoms with E-state index in [1.165, 1.54) is 33.5 Å². The molecular formula is C27H22BrNO6. The number of Topliss-reactive ketones (excluding diaryl/α,β-unsaturated/α-hetero) is 1. The maximum absolute atomic E-state index is 13.1. The molecule has 0 bridgehead atoms. The van der Waals surface area contributed by atoms with E-state index in [0.717, 1.165) is 10.0 Å². The summed E-state index contributed by atoms with van der Waals surface area (Å²) in [5.74, 6) is -0.00340. The van der Waals surface area contributed by atoms with Crippen molar-refractivity contribution in [3.8, 4) is 28.5 Å². The first-order valence-corrected chi connectivity index (χ1v) is 11.4. The minimum atomic E-state index is -0.624. The highest BCUT2D eigenvalue weighted by molar-refractivity contribution is 9.10. The quantitative estimate of drug-likeness (QED) is 0.210. The molecule has 35 heavy (non-hydrogen) atoms. The van der Waals surface area contributed by atoms with Gasteiger partial charge in [0.1, 0.15) is 0 Å². The standard InChI is InChI=1S/C27H22BrNO6/c1-32-24-12-17(13-25(33-2)26(24)34-3)23(30)15-35-27(31)20-14-22(16-7-6-8-18(28)11-16)29-21-10-5-4-9-19(20)21/h4-14H,15H2,1-3H3. The summed E-state index contributed by atoms with van der Waals surface area (Å²) < 4.78 is 22.2. The first-order valence-electron chi connectivity index (χ1n) is 10.6. The van der Waals surface area contributed by atoms with E-state index in [4.69, 9.17) is 23.9 Å². The molecule has 0 saturated heterocycles. The van der Waals surface area contributed by atoms with E-state index in [1.54, 1.807) is 12.1 Å². The number of methoxy groups -OCH3 is 3. The molecule has 7 nitrogen and oxygen atoms in total. The minimum Gasteiger partial charge on any atom is -0.493 e. The van der Waals surface area contributed by atoms with Gasteiger partial charge in [0.05, 0.1) is 38.1 Å². The maximum atomic E-state index is 13.1. The number of benzene rings is 3. The topological polar surface area (TPSA) is 84.0 Å². The third kappa shape index (κ3) is 5.12. The third-order valence-electron chi connectivity index (χ3n) is 5.38. The van der Waals surface area contributed by atoms with Crippen LogP contribution in [-0.4, -0.2) is 44.7 Å². The second-order valence-electron chi connectivity index (χ2n) is 7.50. The molecule has 4 rings (SSSR count). The van der Waals surface area contributed by atoms with Crippen molar-refractivity contribution in [3.05, 3.63) is 82.3 Å². The fourth-order valence-electron chi connectivity index (χ4n) is 3.67. The number of aromatic nitrogens is 1. The average molecular weight is 536 g/mol. The molecule has 0 fully saturated rings. The molecule has 3 aromatic carbocycles. The van der Waals surface area contributed by atoms with Crippen LogP contribution in [0.3, 0.4) is 0 Å². The number of ether oxygens (including phenoxy) is 4. The van der Waals surface area contributed by atoms with E-state index in [-0.39, 0.29) is 5.56 Å². The Labute approximate surface area is 210 Å². The van der Waals surface area contributed by atoms with E-state index in [0.29, 0.717) is 39.4 Å². The monoisotopic (exact) mass is 535 g/mol. The zero-order valence-electron chi connectivity index (χ0n) is 19.3. The lowest BCUT2D eigenvalue weighted by Gasteiger charge is -2.14. The summed E-state index contributed by atoms with van der Waals surface area (Å²) in [6.07, 6.45) is 0. The molecule has 1 heterocycles. The molecule has 0 aliphatic heterocycles. The van der Waals surface area contributed by atoms with E-state index in [1.807, 2.05) is 42.5 Å². The second kappa shape index (κ2) is 10.6. The molecule has 0 unspecified atom stereocenters. The van der Waals surface area contributed by atoms with Crippen molar-refractivity contribution in [3.63, 3.8) is 0 Å². The lowest BCUT2D eigenvalue weighted by Crippen LogP contribution is -2.15. The molecule has 0 spiro atoms. The van der Waals surface area contributed by atoms with Gasteiger partial charge in [-0.05, 0) is 36.4 Å². The largest absolute Gasteiger partial charge is 0.493 e. The van der Waals surface area contributed by atoms with Crippen LogP contribution >= 0.6 is 15.9 Å². The van der Waals surface area contributed by atoms with Crippen molar-refractivity contribution in [2.45, 2.75) is 0 Å². The van der Waals surface area contributed by atoms with E-state index < -0.39 is 18.4 Å². The molecule has 4 aromatic rings. The van der Waals surface area contributed by atoms with Gasteiger partial charge in [-0.25, -0.2) is 9.78 Å². The molecule has 0 aliphatic carbocycles. The SMILES string of the molecule is COc1cc(C(=O)COC(=O)c2cc(-c3cccc(Br)c3)nc3ccccc23)cc(OC)c1OC. The van der Waals surface area contributed by atoms with Gasteiger partial charge < -0.3 is 18.9 Å². The zero-order chi connectivity index (χ0) is 24.9. The number of nitrogens with zero attached hydrogens (tertiary/aromatic N) is 1. The number of rotatable bonds is 8. The molecular weight excluding hydrogens is 514 g/mol. The summed E-state index contributed by atoms with van der Waals surface area (Å²) in [5.41, 5.74) is 2.69. The van der Waals surface area contributed by atoms with Gasteiger partial charge in [-0.3, -0.25) is 4.79 Å². The first-order chi connectivity index (χ1) is 16.9. The van der Waals surface area contributed by atoms with Gasteiger partial charge in [-0.2, -0.15) is 0 Å². The van der Waals surface area contributed by atoms with Gasteiger partial charge in [0, 0.05) is 21.0 Å². The highest BCUT2D eigenvalue weighted by atomic mass is 79.9. The summed E-state index contributed by atoms with van der Waals surface area (Å²) >= 11 is 3.47. The molecule has 0 radical (unpaired) electrons. The Morgan fingerprint density at radius 2 is 1.57 bits per heavy atom. The summed E-state index contributed by atoms with van der Waals surface area (Å²) in [6.45, 7) is -0.458. The lowest BCUT2D eigenvalue weighted by molar-refractivity contribution is 0.0476. The van der Waals surface area contributed by atoms with Crippen LogP contribution in [0.1, 0.15) is 20.7 Å². The number of fused-ring (bicyclic) bond motifs is 1. The van der Waals surface area contributed by atoms with Gasteiger partial charge in [0.2, 0.25) is 11.5 Å². The molecule has 0 amide bonds. The van der Waals surface area contributed by atoms with Crippen molar-refractivity contribution >= 4 is 38.6 Å².